The van der Waals surface area contributed by atoms with Crippen LogP contribution in [0.3, 0.4) is 0 Å². The van der Waals surface area contributed by atoms with E-state index in [1.54, 1.807) is 11.0 Å². The number of anilines is 1. The Labute approximate surface area is 124 Å². The molecule has 0 spiro atoms. The molecule has 0 saturated carbocycles. The summed E-state index contributed by atoms with van der Waals surface area (Å²) >= 11 is 0. The maximum Gasteiger partial charge on any atom is 0.277 e. The summed E-state index contributed by atoms with van der Waals surface area (Å²) < 4.78 is 23.6. The van der Waals surface area contributed by atoms with Gasteiger partial charge in [0.15, 0.2) is 0 Å². The SMILES string of the molecule is Nc1cccc(CCC(=O)N2CCN(S(N)(=O)=O)CC2)c1. The van der Waals surface area contributed by atoms with E-state index in [0.717, 1.165) is 5.56 Å². The third-order valence-electron chi connectivity index (χ3n) is 3.53. The highest BCUT2D eigenvalue weighted by molar-refractivity contribution is 7.86. The third-order valence-corrected chi connectivity index (χ3v) is 4.61. The molecule has 21 heavy (non-hydrogen) atoms. The Hall–Kier alpha value is -1.64. The fourth-order valence-corrected chi connectivity index (χ4v) is 3.02. The molecule has 0 bridgehead atoms. The molecule has 1 aliphatic heterocycles. The van der Waals surface area contributed by atoms with E-state index >= 15 is 0 Å². The quantitative estimate of drug-likeness (QED) is 0.734. The average molecular weight is 312 g/mol. The van der Waals surface area contributed by atoms with Crippen LogP contribution < -0.4 is 10.9 Å². The van der Waals surface area contributed by atoms with Crippen LogP contribution in [-0.2, 0) is 21.4 Å². The lowest BCUT2D eigenvalue weighted by Gasteiger charge is -2.33. The third kappa shape index (κ3) is 4.42. The highest BCUT2D eigenvalue weighted by Gasteiger charge is 2.26. The maximum atomic E-state index is 12.1. The van der Waals surface area contributed by atoms with E-state index in [-0.39, 0.29) is 19.0 Å². The molecule has 0 unspecified atom stereocenters. The number of aryl methyl sites for hydroxylation is 1. The number of carbonyl (C=O) groups is 1. The van der Waals surface area contributed by atoms with Gasteiger partial charge in [0, 0.05) is 38.3 Å². The number of hydrogen-bond acceptors (Lipinski definition) is 4. The monoisotopic (exact) mass is 312 g/mol. The maximum absolute atomic E-state index is 12.1. The summed E-state index contributed by atoms with van der Waals surface area (Å²) in [5.74, 6) is 0.0199. The lowest BCUT2D eigenvalue weighted by atomic mass is 10.1. The van der Waals surface area contributed by atoms with E-state index < -0.39 is 10.2 Å². The Morgan fingerprint density at radius 3 is 2.43 bits per heavy atom. The largest absolute Gasteiger partial charge is 0.399 e. The number of amides is 1. The van der Waals surface area contributed by atoms with Gasteiger partial charge >= 0.3 is 0 Å². The van der Waals surface area contributed by atoms with Gasteiger partial charge in [-0.05, 0) is 24.1 Å². The minimum atomic E-state index is -3.65. The molecule has 8 heteroatoms. The second kappa shape index (κ2) is 6.42. The Morgan fingerprint density at radius 2 is 1.86 bits per heavy atom. The minimum absolute atomic E-state index is 0.0199. The fourth-order valence-electron chi connectivity index (χ4n) is 2.35. The van der Waals surface area contributed by atoms with Gasteiger partial charge in [-0.1, -0.05) is 12.1 Å². The van der Waals surface area contributed by atoms with Gasteiger partial charge in [-0.15, -0.1) is 0 Å². The number of rotatable bonds is 4. The number of nitrogens with two attached hydrogens (primary N) is 2. The Bertz CT molecular complexity index is 610. The molecule has 1 fully saturated rings. The van der Waals surface area contributed by atoms with Crippen LogP contribution in [0, 0.1) is 0 Å². The van der Waals surface area contributed by atoms with Gasteiger partial charge in [-0.2, -0.15) is 12.7 Å². The summed E-state index contributed by atoms with van der Waals surface area (Å²) in [7, 11) is -3.65. The molecule has 2 rings (SSSR count). The number of nitrogens with zero attached hydrogens (tertiary/aromatic N) is 2. The summed E-state index contributed by atoms with van der Waals surface area (Å²) in [6, 6.07) is 7.45. The topological polar surface area (TPSA) is 110 Å². The fraction of sp³-hybridized carbons (Fsp3) is 0.462. The second-order valence-corrected chi connectivity index (χ2v) is 6.62. The molecule has 1 aromatic rings. The minimum Gasteiger partial charge on any atom is -0.399 e. The molecule has 0 radical (unpaired) electrons. The number of piperazine rings is 1. The zero-order valence-electron chi connectivity index (χ0n) is 11.7. The summed E-state index contributed by atoms with van der Waals surface area (Å²) in [5, 5.41) is 5.06. The van der Waals surface area contributed by atoms with Crippen molar-refractivity contribution in [2.24, 2.45) is 5.14 Å². The average Bonchev–Trinajstić information content (AvgIpc) is 2.44. The van der Waals surface area contributed by atoms with Crippen LogP contribution in [-0.4, -0.2) is 49.7 Å². The zero-order valence-corrected chi connectivity index (χ0v) is 12.6. The van der Waals surface area contributed by atoms with E-state index in [4.69, 9.17) is 10.9 Å². The Morgan fingerprint density at radius 1 is 1.19 bits per heavy atom. The van der Waals surface area contributed by atoms with E-state index in [1.165, 1.54) is 4.31 Å². The smallest absolute Gasteiger partial charge is 0.277 e. The molecule has 7 nitrogen and oxygen atoms in total. The van der Waals surface area contributed by atoms with Crippen molar-refractivity contribution < 1.29 is 13.2 Å². The first-order valence-electron chi connectivity index (χ1n) is 6.76. The summed E-state index contributed by atoms with van der Waals surface area (Å²) in [4.78, 5) is 13.8. The second-order valence-electron chi connectivity index (χ2n) is 5.07. The number of benzene rings is 1. The molecule has 1 aliphatic rings. The van der Waals surface area contributed by atoms with Crippen LogP contribution in [0.2, 0.25) is 0 Å². The highest BCUT2D eigenvalue weighted by Crippen LogP contribution is 2.11. The molecule has 0 aliphatic carbocycles. The lowest BCUT2D eigenvalue weighted by Crippen LogP contribution is -2.52. The first-order chi connectivity index (χ1) is 9.86. The van der Waals surface area contributed by atoms with Crippen molar-refractivity contribution in [2.75, 3.05) is 31.9 Å². The van der Waals surface area contributed by atoms with Crippen molar-refractivity contribution in [3.63, 3.8) is 0 Å². The van der Waals surface area contributed by atoms with Crippen molar-refractivity contribution in [3.05, 3.63) is 29.8 Å². The first kappa shape index (κ1) is 15.7. The van der Waals surface area contributed by atoms with Gasteiger partial charge < -0.3 is 10.6 Å². The van der Waals surface area contributed by atoms with Crippen LogP contribution in [0.15, 0.2) is 24.3 Å². The number of hydrogen-bond donors (Lipinski definition) is 2. The molecular weight excluding hydrogens is 292 g/mol. The molecular formula is C13H20N4O3S. The van der Waals surface area contributed by atoms with Crippen LogP contribution in [0.25, 0.3) is 0 Å². The van der Waals surface area contributed by atoms with Crippen LogP contribution in [0.5, 0.6) is 0 Å². The van der Waals surface area contributed by atoms with Gasteiger partial charge in [-0.25, -0.2) is 5.14 Å². The predicted octanol–water partition coefficient (Wildman–Crippen LogP) is -0.451. The molecule has 1 saturated heterocycles. The van der Waals surface area contributed by atoms with Gasteiger partial charge in [0.2, 0.25) is 5.91 Å². The predicted molar refractivity (Wildman–Crippen MR) is 80.4 cm³/mol. The van der Waals surface area contributed by atoms with Gasteiger partial charge in [0.25, 0.3) is 10.2 Å². The zero-order chi connectivity index (χ0) is 15.5. The lowest BCUT2D eigenvalue weighted by molar-refractivity contribution is -0.132. The molecule has 1 amide bonds. The molecule has 0 atom stereocenters. The summed E-state index contributed by atoms with van der Waals surface area (Å²) in [5.41, 5.74) is 7.40. The Kier molecular flexibility index (Phi) is 4.81. The van der Waals surface area contributed by atoms with Crippen molar-refractivity contribution >= 4 is 21.8 Å². The molecule has 0 aromatic heterocycles. The first-order valence-corrected chi connectivity index (χ1v) is 8.26. The van der Waals surface area contributed by atoms with Gasteiger partial charge in [-0.3, -0.25) is 4.79 Å². The van der Waals surface area contributed by atoms with Crippen molar-refractivity contribution in [1.82, 2.24) is 9.21 Å². The van der Waals surface area contributed by atoms with Crippen molar-refractivity contribution in [3.8, 4) is 0 Å². The molecule has 1 heterocycles. The van der Waals surface area contributed by atoms with E-state index in [0.29, 0.717) is 31.6 Å². The van der Waals surface area contributed by atoms with Crippen molar-refractivity contribution in [2.45, 2.75) is 12.8 Å². The van der Waals surface area contributed by atoms with Crippen LogP contribution >= 0.6 is 0 Å². The standard InChI is InChI=1S/C13H20N4O3S/c14-12-3-1-2-11(10-12)4-5-13(18)16-6-8-17(9-7-16)21(15,19)20/h1-3,10H,4-9,14H2,(H2,15,19,20). The van der Waals surface area contributed by atoms with Gasteiger partial charge in [0.05, 0.1) is 0 Å². The van der Waals surface area contributed by atoms with E-state index in [9.17, 15) is 13.2 Å². The number of nitrogen functional groups attached to an aromatic ring is 1. The Balaban J connectivity index is 1.83. The van der Waals surface area contributed by atoms with Crippen LogP contribution in [0.4, 0.5) is 5.69 Å². The van der Waals surface area contributed by atoms with E-state index in [2.05, 4.69) is 0 Å². The summed E-state index contributed by atoms with van der Waals surface area (Å²) in [6.45, 7) is 1.27. The van der Waals surface area contributed by atoms with Gasteiger partial charge in [0.1, 0.15) is 0 Å². The van der Waals surface area contributed by atoms with Crippen molar-refractivity contribution in [1.29, 1.82) is 0 Å². The van der Waals surface area contributed by atoms with E-state index in [1.807, 2.05) is 18.2 Å². The molecule has 4 N–H and O–H groups in total. The normalized spacial score (nSPS) is 16.9. The molecule has 116 valence electrons. The number of carbonyl (C=O) groups excluding carboxylic acids is 1. The van der Waals surface area contributed by atoms with Crippen LogP contribution in [0.1, 0.15) is 12.0 Å². The highest BCUT2D eigenvalue weighted by atomic mass is 32.2. The summed E-state index contributed by atoms with van der Waals surface area (Å²) in [6.07, 6.45) is 1.01. The molecule has 1 aromatic carbocycles.